The first-order chi connectivity index (χ1) is 5.76. The van der Waals surface area contributed by atoms with Gasteiger partial charge in [-0.1, -0.05) is 6.58 Å². The molecule has 0 saturated carbocycles. The maximum absolute atomic E-state index is 10.1. The van der Waals surface area contributed by atoms with E-state index in [1.807, 2.05) is 0 Å². The van der Waals surface area contributed by atoms with E-state index in [1.165, 1.54) is 6.92 Å². The summed E-state index contributed by atoms with van der Waals surface area (Å²) in [6.45, 7) is 4.60. The fourth-order valence-electron chi connectivity index (χ4n) is 0.0745. The van der Waals surface area contributed by atoms with Gasteiger partial charge in [-0.2, -0.15) is 0 Å². The van der Waals surface area contributed by atoms with E-state index in [4.69, 9.17) is 10.00 Å². The third kappa shape index (κ3) is 11.3. The van der Waals surface area contributed by atoms with Gasteiger partial charge in [0.25, 0.3) is 0 Å². The number of phosphoric acid groups is 1. The number of carbonyl (C=O) groups is 1. The molecule has 0 spiro atoms. The van der Waals surface area contributed by atoms with Crippen LogP contribution < -0.4 is 0 Å². The summed E-state index contributed by atoms with van der Waals surface area (Å²) in [6, 6.07) is 0. The lowest BCUT2D eigenvalue weighted by molar-refractivity contribution is -0.132. The fraction of sp³-hybridized carbons (Fsp3) is 0.500. The number of carboxylic acid groups (broad SMARTS) is 1. The predicted molar refractivity (Wildman–Crippen MR) is 46.3 cm³/mol. The Hall–Kier alpha value is -0.680. The van der Waals surface area contributed by atoms with Gasteiger partial charge in [0.15, 0.2) is 0 Å². The van der Waals surface area contributed by atoms with Crippen molar-refractivity contribution >= 4 is 13.8 Å². The second-order valence-electron chi connectivity index (χ2n) is 1.92. The van der Waals surface area contributed by atoms with E-state index in [9.17, 15) is 9.36 Å². The van der Waals surface area contributed by atoms with Crippen molar-refractivity contribution in [1.82, 2.24) is 0 Å². The van der Waals surface area contributed by atoms with Crippen molar-refractivity contribution in [3.8, 4) is 0 Å². The maximum atomic E-state index is 10.1. The van der Waals surface area contributed by atoms with Crippen LogP contribution in [0.15, 0.2) is 12.2 Å². The molecule has 0 aromatic carbocycles. The first-order valence-electron chi connectivity index (χ1n) is 3.10. The van der Waals surface area contributed by atoms with Gasteiger partial charge in [-0.3, -0.25) is 9.05 Å². The van der Waals surface area contributed by atoms with E-state index in [2.05, 4.69) is 15.6 Å². The van der Waals surface area contributed by atoms with Crippen molar-refractivity contribution in [3.05, 3.63) is 12.2 Å². The largest absolute Gasteiger partial charge is 0.478 e. The van der Waals surface area contributed by atoms with Crippen molar-refractivity contribution < 1.29 is 28.4 Å². The summed E-state index contributed by atoms with van der Waals surface area (Å²) in [4.78, 5) is 17.8. The molecule has 0 radical (unpaired) electrons. The summed E-state index contributed by atoms with van der Waals surface area (Å²) in [5, 5.41) is 7.89. The van der Waals surface area contributed by atoms with Crippen molar-refractivity contribution in [1.29, 1.82) is 0 Å². The predicted octanol–water partition coefficient (Wildman–Crippen LogP) is 1.03. The minimum Gasteiger partial charge on any atom is -0.478 e. The highest BCUT2D eigenvalue weighted by Gasteiger charge is 2.13. The quantitative estimate of drug-likeness (QED) is 0.536. The smallest absolute Gasteiger partial charge is 0.471 e. The number of hydrogen-bond donors (Lipinski definition) is 2. The Labute approximate surface area is 76.4 Å². The molecule has 0 saturated heterocycles. The van der Waals surface area contributed by atoms with Crippen LogP contribution in [0.5, 0.6) is 0 Å². The van der Waals surface area contributed by atoms with E-state index >= 15 is 0 Å². The summed E-state index contributed by atoms with van der Waals surface area (Å²) >= 11 is 0. The number of aliphatic carboxylic acids is 1. The van der Waals surface area contributed by atoms with Crippen LogP contribution in [0.2, 0.25) is 0 Å². The van der Waals surface area contributed by atoms with Crippen LogP contribution in [-0.2, 0) is 18.4 Å². The van der Waals surface area contributed by atoms with Crippen LogP contribution >= 0.6 is 7.82 Å². The molecular weight excluding hydrogens is 199 g/mol. The first kappa shape index (κ1) is 14.8. The highest BCUT2D eigenvalue weighted by atomic mass is 31.2. The molecule has 7 heteroatoms. The first-order valence-corrected chi connectivity index (χ1v) is 4.59. The Balaban J connectivity index is 0. The van der Waals surface area contributed by atoms with Gasteiger partial charge in [0.1, 0.15) is 0 Å². The van der Waals surface area contributed by atoms with Crippen molar-refractivity contribution in [2.45, 2.75) is 6.92 Å². The van der Waals surface area contributed by atoms with Gasteiger partial charge >= 0.3 is 13.8 Å². The molecule has 0 aliphatic carbocycles. The molecule has 0 aliphatic heterocycles. The van der Waals surface area contributed by atoms with E-state index in [1.54, 1.807) is 0 Å². The van der Waals surface area contributed by atoms with E-state index < -0.39 is 13.8 Å². The van der Waals surface area contributed by atoms with Gasteiger partial charge < -0.3 is 10.00 Å². The molecule has 78 valence electrons. The van der Waals surface area contributed by atoms with Crippen LogP contribution in [0.4, 0.5) is 0 Å². The molecule has 0 aliphatic rings. The van der Waals surface area contributed by atoms with Crippen LogP contribution in [0.25, 0.3) is 0 Å². The monoisotopic (exact) mass is 212 g/mol. The van der Waals surface area contributed by atoms with E-state index in [-0.39, 0.29) is 5.57 Å². The normalized spacial score (nSPS) is 9.85. The summed E-state index contributed by atoms with van der Waals surface area (Å²) in [7, 11) is -1.45. The van der Waals surface area contributed by atoms with Gasteiger partial charge in [0, 0.05) is 19.8 Å². The van der Waals surface area contributed by atoms with Gasteiger partial charge in [-0.05, 0) is 6.92 Å². The molecule has 0 amide bonds. The molecule has 0 fully saturated rings. The molecule has 0 aromatic heterocycles. The lowest BCUT2D eigenvalue weighted by Gasteiger charge is -2.01. The maximum Gasteiger partial charge on any atom is 0.471 e. The number of carboxylic acids is 1. The Kier molecular flexibility index (Phi) is 7.75. The number of rotatable bonds is 3. The number of phosphoric ester groups is 1. The average Bonchev–Trinajstić information content (AvgIpc) is 2.05. The zero-order valence-electron chi connectivity index (χ0n) is 7.68. The Morgan fingerprint density at radius 2 is 1.62 bits per heavy atom. The zero-order chi connectivity index (χ0) is 11.1. The second kappa shape index (κ2) is 6.80. The minimum absolute atomic E-state index is 0.176. The van der Waals surface area contributed by atoms with Crippen molar-refractivity contribution in [2.75, 3.05) is 14.2 Å². The van der Waals surface area contributed by atoms with Gasteiger partial charge in [-0.25, -0.2) is 9.36 Å². The molecule has 0 heterocycles. The zero-order valence-corrected chi connectivity index (χ0v) is 8.58. The molecule has 13 heavy (non-hydrogen) atoms. The molecule has 0 aromatic rings. The third-order valence-corrected chi connectivity index (χ3v) is 1.75. The molecular formula is C6H13O6P. The number of hydrogen-bond acceptors (Lipinski definition) is 4. The van der Waals surface area contributed by atoms with Crippen molar-refractivity contribution in [2.24, 2.45) is 0 Å². The van der Waals surface area contributed by atoms with Crippen molar-refractivity contribution in [3.63, 3.8) is 0 Å². The SMILES string of the molecule is C=C(C)C(=O)O.COP(=O)(O)OC. The Morgan fingerprint density at radius 3 is 1.62 bits per heavy atom. The van der Waals surface area contributed by atoms with Crippen LogP contribution in [0, 0.1) is 0 Å². The highest BCUT2D eigenvalue weighted by molar-refractivity contribution is 7.47. The molecule has 0 atom stereocenters. The lowest BCUT2D eigenvalue weighted by atomic mass is 10.4. The van der Waals surface area contributed by atoms with Crippen LogP contribution in [0.1, 0.15) is 6.92 Å². The molecule has 0 rings (SSSR count). The molecule has 0 bridgehead atoms. The summed E-state index contributed by atoms with van der Waals surface area (Å²) in [6.07, 6.45) is 0. The standard InChI is InChI=1S/C4H6O2.C2H7O4P/c1-3(2)4(5)6;1-5-7(3,4)6-2/h1H2,2H3,(H,5,6);1-2H3,(H,3,4). The van der Waals surface area contributed by atoms with Gasteiger partial charge in [-0.15, -0.1) is 0 Å². The second-order valence-corrected chi connectivity index (χ2v) is 3.59. The Morgan fingerprint density at radius 1 is 1.38 bits per heavy atom. The molecule has 6 nitrogen and oxygen atoms in total. The van der Waals surface area contributed by atoms with Crippen LogP contribution in [-0.4, -0.2) is 30.2 Å². The van der Waals surface area contributed by atoms with Gasteiger partial charge in [0.05, 0.1) is 0 Å². The topological polar surface area (TPSA) is 93.1 Å². The highest BCUT2D eigenvalue weighted by Crippen LogP contribution is 2.40. The summed E-state index contributed by atoms with van der Waals surface area (Å²) in [5.74, 6) is -0.935. The summed E-state index contributed by atoms with van der Waals surface area (Å²) < 4.78 is 18.0. The molecule has 0 unspecified atom stereocenters. The minimum atomic E-state index is -3.65. The molecule has 2 N–H and O–H groups in total. The fourth-order valence-corrected chi connectivity index (χ4v) is 0.224. The van der Waals surface area contributed by atoms with Crippen LogP contribution in [0.3, 0.4) is 0 Å². The Bertz CT molecular complexity index is 203. The van der Waals surface area contributed by atoms with Gasteiger partial charge in [0.2, 0.25) is 0 Å². The average molecular weight is 212 g/mol. The van der Waals surface area contributed by atoms with E-state index in [0.29, 0.717) is 0 Å². The third-order valence-electron chi connectivity index (χ3n) is 0.827. The summed E-state index contributed by atoms with van der Waals surface area (Å²) in [5.41, 5.74) is 0.176. The van der Waals surface area contributed by atoms with E-state index in [0.717, 1.165) is 14.2 Å². The lowest BCUT2D eigenvalue weighted by Crippen LogP contribution is -1.92.